The molecule has 2 bridgehead atoms. The van der Waals surface area contributed by atoms with Crippen LogP contribution in [0.4, 0.5) is 0 Å². The van der Waals surface area contributed by atoms with E-state index in [-0.39, 0.29) is 17.7 Å². The Morgan fingerprint density at radius 3 is 2.69 bits per heavy atom. The van der Waals surface area contributed by atoms with Gasteiger partial charge in [-0.05, 0) is 44.0 Å². The molecule has 3 fully saturated rings. The van der Waals surface area contributed by atoms with Crippen LogP contribution in [0.3, 0.4) is 0 Å². The van der Waals surface area contributed by atoms with E-state index >= 15 is 0 Å². The molecule has 1 N–H and O–H groups in total. The van der Waals surface area contributed by atoms with E-state index in [2.05, 4.69) is 15.2 Å². The number of hydrogen-bond acceptors (Lipinski definition) is 6. The van der Waals surface area contributed by atoms with Crippen molar-refractivity contribution in [1.82, 2.24) is 15.2 Å². The monoisotopic (exact) mass is 387 g/mol. The molecular formula is C19H21N3O2S2. The fourth-order valence-electron chi connectivity index (χ4n) is 3.68. The topological polar surface area (TPSA) is 62.3 Å². The molecule has 0 unspecified atom stereocenters. The van der Waals surface area contributed by atoms with Crippen LogP contribution in [0.25, 0.3) is 0 Å². The third-order valence-corrected chi connectivity index (χ3v) is 7.38. The quantitative estimate of drug-likeness (QED) is 0.798. The lowest BCUT2D eigenvalue weighted by Crippen LogP contribution is -2.57. The number of ketones is 1. The summed E-state index contributed by atoms with van der Waals surface area (Å²) >= 11 is 2.81. The maximum absolute atomic E-state index is 12.9. The largest absolute Gasteiger partial charge is 0.348 e. The minimum absolute atomic E-state index is 0.0164. The second-order valence-electron chi connectivity index (χ2n) is 6.86. The number of aromatic nitrogens is 1. The number of Topliss-reactive ketones (excluding diaryl/α,β-unsaturated/α-hetero) is 1. The summed E-state index contributed by atoms with van der Waals surface area (Å²) < 4.78 is 0.776. The van der Waals surface area contributed by atoms with E-state index in [1.165, 1.54) is 42.9 Å². The van der Waals surface area contributed by atoms with Crippen LogP contribution in [0.5, 0.6) is 0 Å². The maximum atomic E-state index is 12.9. The number of amides is 1. The molecule has 0 radical (unpaired) electrons. The minimum Gasteiger partial charge on any atom is -0.348 e. The molecule has 0 saturated carbocycles. The van der Waals surface area contributed by atoms with Crippen LogP contribution in [-0.4, -0.2) is 47.3 Å². The number of hydrogen-bond donors (Lipinski definition) is 1. The number of carbonyl (C=O) groups excluding carboxylic acids is 2. The average Bonchev–Trinajstić information content (AvgIpc) is 3.12. The summed E-state index contributed by atoms with van der Waals surface area (Å²) in [6.07, 6.45) is 3.95. The van der Waals surface area contributed by atoms with Crippen LogP contribution in [0, 0.1) is 5.92 Å². The van der Waals surface area contributed by atoms with Gasteiger partial charge in [0.05, 0.1) is 16.6 Å². The van der Waals surface area contributed by atoms with Crippen molar-refractivity contribution in [3.63, 3.8) is 0 Å². The molecule has 3 aliphatic heterocycles. The molecular weight excluding hydrogens is 366 g/mol. The lowest BCUT2D eigenvalue weighted by Gasteiger charge is -2.44. The first-order valence-corrected chi connectivity index (χ1v) is 10.5. The van der Waals surface area contributed by atoms with Gasteiger partial charge in [0.15, 0.2) is 10.1 Å². The first kappa shape index (κ1) is 17.7. The molecule has 2 aromatic rings. The van der Waals surface area contributed by atoms with Crippen LogP contribution in [0.2, 0.25) is 0 Å². The Labute approximate surface area is 161 Å². The Morgan fingerprint density at radius 2 is 2.04 bits per heavy atom. The van der Waals surface area contributed by atoms with Gasteiger partial charge < -0.3 is 10.2 Å². The van der Waals surface area contributed by atoms with Gasteiger partial charge in [-0.15, -0.1) is 11.3 Å². The van der Waals surface area contributed by atoms with Gasteiger partial charge in [-0.2, -0.15) is 0 Å². The van der Waals surface area contributed by atoms with Crippen LogP contribution in [0.1, 0.15) is 39.8 Å². The summed E-state index contributed by atoms with van der Waals surface area (Å²) in [4.78, 5) is 32.6. The molecule has 4 heterocycles. The van der Waals surface area contributed by atoms with E-state index in [1.54, 1.807) is 6.20 Å². The third kappa shape index (κ3) is 3.70. The number of carbonyl (C=O) groups is 2. The average molecular weight is 388 g/mol. The molecule has 3 aliphatic rings. The molecule has 1 aromatic carbocycles. The van der Waals surface area contributed by atoms with Crippen LogP contribution in [0.15, 0.2) is 39.7 Å². The normalized spacial score (nSPS) is 24.4. The highest BCUT2D eigenvalue weighted by atomic mass is 32.2. The number of nitrogens with zero attached hydrogens (tertiary/aromatic N) is 2. The molecule has 1 aromatic heterocycles. The zero-order valence-corrected chi connectivity index (χ0v) is 16.2. The number of fused-ring (bicyclic) bond motifs is 3. The predicted octanol–water partition coefficient (Wildman–Crippen LogP) is 3.32. The van der Waals surface area contributed by atoms with E-state index < -0.39 is 0 Å². The summed E-state index contributed by atoms with van der Waals surface area (Å²) in [5, 5.41) is 3.25. The van der Waals surface area contributed by atoms with Crippen molar-refractivity contribution in [3.05, 3.63) is 40.9 Å². The molecule has 0 aliphatic carbocycles. The van der Waals surface area contributed by atoms with Gasteiger partial charge in [0.1, 0.15) is 0 Å². The van der Waals surface area contributed by atoms with Crippen LogP contribution < -0.4 is 5.32 Å². The molecule has 1 amide bonds. The van der Waals surface area contributed by atoms with E-state index in [0.717, 1.165) is 28.9 Å². The van der Waals surface area contributed by atoms with Crippen LogP contribution in [-0.2, 0) is 0 Å². The highest BCUT2D eigenvalue weighted by molar-refractivity contribution is 8.01. The van der Waals surface area contributed by atoms with Gasteiger partial charge in [-0.3, -0.25) is 9.59 Å². The molecule has 7 heteroatoms. The first-order valence-electron chi connectivity index (χ1n) is 8.87. The van der Waals surface area contributed by atoms with Crippen molar-refractivity contribution in [3.8, 4) is 0 Å². The van der Waals surface area contributed by atoms with Gasteiger partial charge in [0.2, 0.25) is 0 Å². The van der Waals surface area contributed by atoms with Gasteiger partial charge in [-0.25, -0.2) is 4.98 Å². The number of rotatable bonds is 5. The fraction of sp³-hybridized carbons (Fsp3) is 0.421. The minimum atomic E-state index is -0.0183. The van der Waals surface area contributed by atoms with Crippen LogP contribution >= 0.6 is 23.1 Å². The third-order valence-electron chi connectivity index (χ3n) is 5.13. The molecule has 136 valence electrons. The Bertz CT molecular complexity index is 828. The SMILES string of the molecule is CC(=O)c1cnc(Sc2ccccc2C(=O)N[C@H]2CN3CCC2CC3)s1. The van der Waals surface area contributed by atoms with Crippen molar-refractivity contribution < 1.29 is 9.59 Å². The zero-order chi connectivity index (χ0) is 18.1. The molecule has 3 saturated heterocycles. The fourth-order valence-corrected chi connectivity index (χ4v) is 5.64. The Morgan fingerprint density at radius 1 is 1.27 bits per heavy atom. The van der Waals surface area contributed by atoms with E-state index in [1.807, 2.05) is 24.3 Å². The Kier molecular flexibility index (Phi) is 5.11. The van der Waals surface area contributed by atoms with E-state index in [4.69, 9.17) is 0 Å². The zero-order valence-electron chi connectivity index (χ0n) is 14.6. The summed E-state index contributed by atoms with van der Waals surface area (Å²) in [7, 11) is 0. The molecule has 26 heavy (non-hydrogen) atoms. The van der Waals surface area contributed by atoms with E-state index in [0.29, 0.717) is 16.4 Å². The van der Waals surface area contributed by atoms with Gasteiger partial charge in [0.25, 0.3) is 5.91 Å². The Hall–Kier alpha value is -1.70. The Balaban J connectivity index is 1.49. The van der Waals surface area contributed by atoms with Gasteiger partial charge >= 0.3 is 0 Å². The molecule has 0 spiro atoms. The second kappa shape index (κ2) is 7.50. The van der Waals surface area contributed by atoms with Gasteiger partial charge in [0, 0.05) is 24.4 Å². The highest BCUT2D eigenvalue weighted by Gasteiger charge is 2.35. The maximum Gasteiger partial charge on any atom is 0.252 e. The van der Waals surface area contributed by atoms with Crippen molar-refractivity contribution in [1.29, 1.82) is 0 Å². The van der Waals surface area contributed by atoms with Crippen molar-refractivity contribution in [2.75, 3.05) is 19.6 Å². The summed E-state index contributed by atoms with van der Waals surface area (Å²) in [6.45, 7) is 4.81. The highest BCUT2D eigenvalue weighted by Crippen LogP contribution is 2.34. The second-order valence-corrected chi connectivity index (χ2v) is 9.18. The van der Waals surface area contributed by atoms with Crippen molar-refractivity contribution in [2.24, 2.45) is 5.92 Å². The standard InChI is InChI=1S/C19H21N3O2S2/c1-12(23)17-10-20-19(26-17)25-16-5-3-2-4-14(16)18(24)21-15-11-22-8-6-13(15)7-9-22/h2-5,10,13,15H,6-9,11H2,1H3,(H,21,24)/t15-/m0/s1. The molecule has 5 nitrogen and oxygen atoms in total. The molecule has 1 atom stereocenters. The summed E-state index contributed by atoms with van der Waals surface area (Å²) in [5.41, 5.74) is 0.675. The summed E-state index contributed by atoms with van der Waals surface area (Å²) in [6, 6.07) is 7.85. The number of benzene rings is 1. The number of thiazole rings is 1. The van der Waals surface area contributed by atoms with E-state index in [9.17, 15) is 9.59 Å². The number of nitrogens with one attached hydrogen (secondary N) is 1. The van der Waals surface area contributed by atoms with Crippen molar-refractivity contribution >= 4 is 34.8 Å². The lowest BCUT2D eigenvalue weighted by molar-refractivity contribution is 0.0619. The molecule has 5 rings (SSSR count). The summed E-state index contributed by atoms with van der Waals surface area (Å²) in [5.74, 6) is 0.596. The number of piperidine rings is 3. The lowest BCUT2D eigenvalue weighted by atomic mass is 9.84. The van der Waals surface area contributed by atoms with Crippen molar-refractivity contribution in [2.45, 2.75) is 35.0 Å². The smallest absolute Gasteiger partial charge is 0.252 e. The first-order chi connectivity index (χ1) is 12.6. The predicted molar refractivity (Wildman–Crippen MR) is 103 cm³/mol. The van der Waals surface area contributed by atoms with Gasteiger partial charge in [-0.1, -0.05) is 23.9 Å².